The Hall–Kier alpha value is -1.62. The summed E-state index contributed by atoms with van der Waals surface area (Å²) in [6.45, 7) is 6.27. The van der Waals surface area contributed by atoms with Crippen LogP contribution in [0.25, 0.3) is 0 Å². The summed E-state index contributed by atoms with van der Waals surface area (Å²) in [4.78, 5) is 20.4. The van der Waals surface area contributed by atoms with Crippen molar-refractivity contribution in [1.29, 1.82) is 0 Å². The molecule has 0 unspecified atom stereocenters. The first-order valence-electron chi connectivity index (χ1n) is 6.62. The number of nitrogen functional groups attached to an aromatic ring is 1. The number of aryl methyl sites for hydroxylation is 1. The van der Waals surface area contributed by atoms with Gasteiger partial charge < -0.3 is 15.5 Å². The Morgan fingerprint density at radius 3 is 2.53 bits per heavy atom. The predicted molar refractivity (Wildman–Crippen MR) is 78.1 cm³/mol. The zero-order valence-corrected chi connectivity index (χ0v) is 12.3. The lowest BCUT2D eigenvalue weighted by Gasteiger charge is -2.22. The normalized spacial score (nSPS) is 10.8. The number of carbonyl (C=O) groups is 1. The first-order chi connectivity index (χ1) is 8.93. The molecular weight excluding hydrogens is 240 g/mol. The number of amides is 1. The van der Waals surface area contributed by atoms with Gasteiger partial charge in [-0.1, -0.05) is 0 Å². The van der Waals surface area contributed by atoms with Crippen LogP contribution in [0.1, 0.15) is 29.4 Å². The van der Waals surface area contributed by atoms with Gasteiger partial charge in [-0.15, -0.1) is 0 Å². The van der Waals surface area contributed by atoms with Crippen LogP contribution >= 0.6 is 0 Å². The number of aromatic nitrogens is 1. The number of nitrogens with zero attached hydrogens (tertiary/aromatic N) is 3. The molecule has 0 atom stereocenters. The van der Waals surface area contributed by atoms with E-state index in [9.17, 15) is 4.79 Å². The second-order valence-corrected chi connectivity index (χ2v) is 4.96. The Morgan fingerprint density at radius 2 is 2.00 bits per heavy atom. The van der Waals surface area contributed by atoms with Gasteiger partial charge in [-0.25, -0.2) is 4.98 Å². The number of hydrogen-bond acceptors (Lipinski definition) is 4. The summed E-state index contributed by atoms with van der Waals surface area (Å²) in [6, 6.07) is 3.43. The van der Waals surface area contributed by atoms with Crippen LogP contribution in [0.15, 0.2) is 12.1 Å². The van der Waals surface area contributed by atoms with Crippen LogP contribution in [-0.2, 0) is 0 Å². The zero-order chi connectivity index (χ0) is 14.4. The van der Waals surface area contributed by atoms with Gasteiger partial charge in [0.05, 0.1) is 0 Å². The summed E-state index contributed by atoms with van der Waals surface area (Å²) in [5.41, 5.74) is 7.08. The van der Waals surface area contributed by atoms with E-state index in [1.807, 2.05) is 32.8 Å². The van der Waals surface area contributed by atoms with Gasteiger partial charge in [0.1, 0.15) is 5.82 Å². The molecule has 5 nitrogen and oxygen atoms in total. The second-order valence-electron chi connectivity index (χ2n) is 4.96. The molecule has 0 aliphatic heterocycles. The van der Waals surface area contributed by atoms with Crippen LogP contribution in [0.4, 0.5) is 5.82 Å². The Morgan fingerprint density at radius 1 is 1.32 bits per heavy atom. The maximum absolute atomic E-state index is 12.4. The molecule has 106 valence electrons. The molecule has 1 aromatic rings. The lowest BCUT2D eigenvalue weighted by atomic mass is 10.2. The Labute approximate surface area is 115 Å². The zero-order valence-electron chi connectivity index (χ0n) is 12.3. The molecule has 2 N–H and O–H groups in total. The van der Waals surface area contributed by atoms with Crippen LogP contribution in [0, 0.1) is 6.92 Å². The number of pyridine rings is 1. The fraction of sp³-hybridized carbons (Fsp3) is 0.571. The van der Waals surface area contributed by atoms with Gasteiger partial charge in [-0.05, 0) is 53.0 Å². The molecule has 1 amide bonds. The van der Waals surface area contributed by atoms with E-state index in [0.717, 1.165) is 25.2 Å². The molecule has 0 aliphatic rings. The lowest BCUT2D eigenvalue weighted by molar-refractivity contribution is 0.0759. The van der Waals surface area contributed by atoms with Crippen molar-refractivity contribution in [1.82, 2.24) is 14.8 Å². The van der Waals surface area contributed by atoms with Gasteiger partial charge in [0, 0.05) is 24.3 Å². The van der Waals surface area contributed by atoms with E-state index in [1.54, 1.807) is 12.1 Å². The third-order valence-electron chi connectivity index (χ3n) is 2.92. The van der Waals surface area contributed by atoms with Crippen molar-refractivity contribution in [3.63, 3.8) is 0 Å². The van der Waals surface area contributed by atoms with Gasteiger partial charge in [0.25, 0.3) is 5.91 Å². The summed E-state index contributed by atoms with van der Waals surface area (Å²) in [6.07, 6.45) is 0.964. The molecule has 1 heterocycles. The van der Waals surface area contributed by atoms with E-state index >= 15 is 0 Å². The highest BCUT2D eigenvalue weighted by Gasteiger charge is 2.15. The van der Waals surface area contributed by atoms with Crippen molar-refractivity contribution in [2.45, 2.75) is 20.3 Å². The lowest BCUT2D eigenvalue weighted by Crippen LogP contribution is -2.33. The minimum absolute atomic E-state index is 0.0263. The van der Waals surface area contributed by atoms with E-state index < -0.39 is 0 Å². The molecule has 1 aromatic heterocycles. The number of nitrogens with two attached hydrogens (primary N) is 1. The number of rotatable bonds is 6. The van der Waals surface area contributed by atoms with E-state index in [0.29, 0.717) is 17.9 Å². The van der Waals surface area contributed by atoms with Crippen LogP contribution in [0.3, 0.4) is 0 Å². The first kappa shape index (κ1) is 15.4. The highest BCUT2D eigenvalue weighted by molar-refractivity contribution is 5.94. The topological polar surface area (TPSA) is 62.5 Å². The molecule has 0 bridgehead atoms. The maximum Gasteiger partial charge on any atom is 0.254 e. The van der Waals surface area contributed by atoms with Gasteiger partial charge in [-0.3, -0.25) is 4.79 Å². The van der Waals surface area contributed by atoms with Crippen molar-refractivity contribution in [2.75, 3.05) is 39.5 Å². The third-order valence-corrected chi connectivity index (χ3v) is 2.92. The van der Waals surface area contributed by atoms with E-state index in [2.05, 4.69) is 9.88 Å². The summed E-state index contributed by atoms with van der Waals surface area (Å²) < 4.78 is 0. The number of anilines is 1. The molecular formula is C14H24N4O. The average molecular weight is 264 g/mol. The van der Waals surface area contributed by atoms with Crippen LogP contribution in [0.2, 0.25) is 0 Å². The van der Waals surface area contributed by atoms with Crippen molar-refractivity contribution >= 4 is 11.7 Å². The molecule has 19 heavy (non-hydrogen) atoms. The minimum Gasteiger partial charge on any atom is -0.384 e. The predicted octanol–water partition coefficient (Wildman–Crippen LogP) is 1.39. The maximum atomic E-state index is 12.4. The molecule has 0 spiro atoms. The van der Waals surface area contributed by atoms with Crippen molar-refractivity contribution in [3.05, 3.63) is 23.4 Å². The Bertz CT molecular complexity index is 411. The summed E-state index contributed by atoms with van der Waals surface area (Å²) >= 11 is 0. The minimum atomic E-state index is 0.0263. The SMILES string of the molecule is CCN(CCCN(C)C)C(=O)c1cc(C)nc(N)c1. The number of carbonyl (C=O) groups excluding carboxylic acids is 1. The van der Waals surface area contributed by atoms with Crippen molar-refractivity contribution in [3.8, 4) is 0 Å². The smallest absolute Gasteiger partial charge is 0.254 e. The molecule has 0 radical (unpaired) electrons. The van der Waals surface area contributed by atoms with Gasteiger partial charge >= 0.3 is 0 Å². The monoisotopic (exact) mass is 264 g/mol. The Balaban J connectivity index is 2.72. The van der Waals surface area contributed by atoms with Crippen LogP contribution < -0.4 is 5.73 Å². The van der Waals surface area contributed by atoms with Crippen molar-refractivity contribution < 1.29 is 4.79 Å². The van der Waals surface area contributed by atoms with Crippen LogP contribution in [0.5, 0.6) is 0 Å². The van der Waals surface area contributed by atoms with Gasteiger partial charge in [-0.2, -0.15) is 0 Å². The van der Waals surface area contributed by atoms with Gasteiger partial charge in [0.2, 0.25) is 0 Å². The average Bonchev–Trinajstić information content (AvgIpc) is 2.32. The molecule has 0 fully saturated rings. The van der Waals surface area contributed by atoms with Crippen molar-refractivity contribution in [2.24, 2.45) is 0 Å². The summed E-state index contributed by atoms with van der Waals surface area (Å²) in [5, 5.41) is 0. The molecule has 5 heteroatoms. The fourth-order valence-electron chi connectivity index (χ4n) is 1.98. The molecule has 1 rings (SSSR count). The number of hydrogen-bond donors (Lipinski definition) is 1. The molecule has 0 saturated carbocycles. The first-order valence-corrected chi connectivity index (χ1v) is 6.62. The van der Waals surface area contributed by atoms with E-state index in [1.165, 1.54) is 0 Å². The third kappa shape index (κ3) is 4.87. The van der Waals surface area contributed by atoms with E-state index in [4.69, 9.17) is 5.73 Å². The van der Waals surface area contributed by atoms with E-state index in [-0.39, 0.29) is 5.91 Å². The summed E-state index contributed by atoms with van der Waals surface area (Å²) in [5.74, 6) is 0.422. The standard InChI is InChI=1S/C14H24N4O/c1-5-18(8-6-7-17(3)4)14(19)12-9-11(2)16-13(15)10-12/h9-10H,5-8H2,1-4H3,(H2,15,16). The van der Waals surface area contributed by atoms with Crippen LogP contribution in [-0.4, -0.2) is 54.4 Å². The fourth-order valence-corrected chi connectivity index (χ4v) is 1.98. The second kappa shape index (κ2) is 7.09. The van der Waals surface area contributed by atoms with Gasteiger partial charge in [0.15, 0.2) is 0 Å². The highest BCUT2D eigenvalue weighted by atomic mass is 16.2. The molecule has 0 aromatic carbocycles. The molecule has 0 aliphatic carbocycles. The summed E-state index contributed by atoms with van der Waals surface area (Å²) in [7, 11) is 4.07. The Kier molecular flexibility index (Phi) is 5.76. The highest BCUT2D eigenvalue weighted by Crippen LogP contribution is 2.10. The quantitative estimate of drug-likeness (QED) is 0.843. The largest absolute Gasteiger partial charge is 0.384 e. The molecule has 0 saturated heterocycles.